The maximum absolute atomic E-state index is 10.9. The molecular formula is C15H16N6O3. The molecule has 3 rings (SSSR count). The van der Waals surface area contributed by atoms with Gasteiger partial charge in [0, 0.05) is 25.1 Å². The van der Waals surface area contributed by atoms with Crippen LogP contribution in [0.15, 0.2) is 18.2 Å². The Morgan fingerprint density at radius 1 is 1.58 bits per heavy atom. The van der Waals surface area contributed by atoms with Gasteiger partial charge in [-0.25, -0.2) is 4.98 Å². The number of nitrogens with one attached hydrogen (secondary N) is 1. The number of H-pyrrole nitrogens is 1. The number of ether oxygens (including phenoxy) is 1. The second-order valence-electron chi connectivity index (χ2n) is 5.37. The number of nitrogens with zero attached hydrogens (tertiary/aromatic N) is 5. The van der Waals surface area contributed by atoms with Gasteiger partial charge in [0.1, 0.15) is 18.0 Å². The average Bonchev–Trinajstić information content (AvgIpc) is 3.10. The Morgan fingerprint density at radius 3 is 3.08 bits per heavy atom. The van der Waals surface area contributed by atoms with Gasteiger partial charge in [-0.3, -0.25) is 15.2 Å². The van der Waals surface area contributed by atoms with Crippen molar-refractivity contribution in [2.75, 3.05) is 24.6 Å². The van der Waals surface area contributed by atoms with E-state index in [0.29, 0.717) is 31.2 Å². The van der Waals surface area contributed by atoms with Crippen LogP contribution in [-0.2, 0) is 11.2 Å². The Labute approximate surface area is 138 Å². The second-order valence-corrected chi connectivity index (χ2v) is 5.37. The number of nitro benzene ring substituents is 1. The molecule has 0 spiro atoms. The summed E-state index contributed by atoms with van der Waals surface area (Å²) in [6.45, 7) is 3.51. The van der Waals surface area contributed by atoms with Crippen LogP contribution in [0, 0.1) is 21.4 Å². The van der Waals surface area contributed by atoms with Gasteiger partial charge in [0.15, 0.2) is 5.82 Å². The van der Waals surface area contributed by atoms with E-state index in [9.17, 15) is 15.4 Å². The molecule has 1 atom stereocenters. The lowest BCUT2D eigenvalue weighted by Gasteiger charge is -2.33. The number of non-ortho nitro benzene ring substituents is 1. The Hall–Kier alpha value is -2.99. The first-order valence-electron chi connectivity index (χ1n) is 7.58. The van der Waals surface area contributed by atoms with Crippen LogP contribution in [0.4, 0.5) is 11.4 Å². The van der Waals surface area contributed by atoms with E-state index >= 15 is 0 Å². The minimum Gasteiger partial charge on any atom is -0.366 e. The van der Waals surface area contributed by atoms with Crippen molar-refractivity contribution >= 4 is 11.4 Å². The van der Waals surface area contributed by atoms with Gasteiger partial charge in [0.25, 0.3) is 5.69 Å². The third-order valence-electron chi connectivity index (χ3n) is 3.89. The normalized spacial score (nSPS) is 17.5. The van der Waals surface area contributed by atoms with Crippen molar-refractivity contribution in [3.05, 3.63) is 45.5 Å². The number of morpholine rings is 1. The molecule has 1 saturated heterocycles. The van der Waals surface area contributed by atoms with Crippen LogP contribution in [0.5, 0.6) is 0 Å². The summed E-state index contributed by atoms with van der Waals surface area (Å²) in [4.78, 5) is 16.7. The van der Waals surface area contributed by atoms with E-state index < -0.39 is 4.92 Å². The van der Waals surface area contributed by atoms with E-state index in [4.69, 9.17) is 4.74 Å². The first kappa shape index (κ1) is 15.9. The molecule has 1 aliphatic heterocycles. The number of hydrogen-bond donors (Lipinski definition) is 1. The summed E-state index contributed by atoms with van der Waals surface area (Å²) in [6.07, 6.45) is 0.446. The molecule has 0 aliphatic carbocycles. The molecule has 2 heterocycles. The molecule has 24 heavy (non-hydrogen) atoms. The standard InChI is InChI=1S/C15H16N6O3/c1-2-14-17-15(19-18-14)13-9-20(5-6-24-13)12-4-3-11(21(22)23)7-10(12)8-16/h3-4,7,13H,2,5-6,9H2,1H3,(H,17,18,19). The highest BCUT2D eigenvalue weighted by Gasteiger charge is 2.27. The SMILES string of the molecule is CCc1nc(C2CN(c3ccc([N+](=O)[O-])cc3C#N)CCO2)n[nH]1. The lowest BCUT2D eigenvalue weighted by Crippen LogP contribution is -2.39. The summed E-state index contributed by atoms with van der Waals surface area (Å²) in [6, 6.07) is 6.34. The minimum absolute atomic E-state index is 0.0957. The predicted molar refractivity (Wildman–Crippen MR) is 84.5 cm³/mol. The maximum atomic E-state index is 10.9. The zero-order valence-corrected chi connectivity index (χ0v) is 13.1. The predicted octanol–water partition coefficient (Wildman–Crippen LogP) is 1.72. The van der Waals surface area contributed by atoms with Crippen molar-refractivity contribution < 1.29 is 9.66 Å². The number of anilines is 1. The number of benzene rings is 1. The Bertz CT molecular complexity index is 797. The molecule has 0 radical (unpaired) electrons. The molecule has 9 heteroatoms. The first-order chi connectivity index (χ1) is 11.6. The Morgan fingerprint density at radius 2 is 2.42 bits per heavy atom. The fourth-order valence-corrected chi connectivity index (χ4v) is 2.64. The van der Waals surface area contributed by atoms with Crippen LogP contribution >= 0.6 is 0 Å². The zero-order valence-electron chi connectivity index (χ0n) is 13.1. The molecule has 1 unspecified atom stereocenters. The van der Waals surface area contributed by atoms with Crippen LogP contribution in [-0.4, -0.2) is 39.8 Å². The Kier molecular flexibility index (Phi) is 4.39. The summed E-state index contributed by atoms with van der Waals surface area (Å²) in [5.74, 6) is 1.37. The molecule has 1 N–H and O–H groups in total. The van der Waals surface area contributed by atoms with Gasteiger partial charge < -0.3 is 9.64 Å². The summed E-state index contributed by atoms with van der Waals surface area (Å²) >= 11 is 0. The molecular weight excluding hydrogens is 312 g/mol. The molecule has 124 valence electrons. The Balaban J connectivity index is 1.84. The highest BCUT2D eigenvalue weighted by atomic mass is 16.6. The molecule has 1 aromatic carbocycles. The van der Waals surface area contributed by atoms with Crippen molar-refractivity contribution in [1.29, 1.82) is 5.26 Å². The van der Waals surface area contributed by atoms with Crippen LogP contribution in [0.3, 0.4) is 0 Å². The van der Waals surface area contributed by atoms with E-state index in [1.807, 2.05) is 17.9 Å². The molecule has 1 aromatic heterocycles. The molecule has 1 aliphatic rings. The van der Waals surface area contributed by atoms with Crippen molar-refractivity contribution in [2.24, 2.45) is 0 Å². The second kappa shape index (κ2) is 6.64. The van der Waals surface area contributed by atoms with E-state index in [1.165, 1.54) is 12.1 Å². The molecule has 0 bridgehead atoms. The average molecular weight is 328 g/mol. The van der Waals surface area contributed by atoms with Crippen LogP contribution < -0.4 is 4.90 Å². The summed E-state index contributed by atoms with van der Waals surface area (Å²) in [5, 5.41) is 27.2. The first-order valence-corrected chi connectivity index (χ1v) is 7.58. The number of rotatable bonds is 4. The van der Waals surface area contributed by atoms with Crippen molar-refractivity contribution in [3.63, 3.8) is 0 Å². The van der Waals surface area contributed by atoms with Crippen molar-refractivity contribution in [2.45, 2.75) is 19.4 Å². The summed E-state index contributed by atoms with van der Waals surface area (Å²) in [7, 11) is 0. The van der Waals surface area contributed by atoms with Gasteiger partial charge in [0.05, 0.1) is 29.3 Å². The lowest BCUT2D eigenvalue weighted by atomic mass is 10.1. The highest BCUT2D eigenvalue weighted by molar-refractivity contribution is 5.63. The van der Waals surface area contributed by atoms with E-state index in [2.05, 4.69) is 15.2 Å². The fourth-order valence-electron chi connectivity index (χ4n) is 2.64. The van der Waals surface area contributed by atoms with E-state index in [1.54, 1.807) is 6.07 Å². The fraction of sp³-hybridized carbons (Fsp3) is 0.400. The van der Waals surface area contributed by atoms with Gasteiger partial charge in [-0.2, -0.15) is 10.4 Å². The number of nitro groups is 1. The number of nitriles is 1. The topological polar surface area (TPSA) is 121 Å². The lowest BCUT2D eigenvalue weighted by molar-refractivity contribution is -0.384. The van der Waals surface area contributed by atoms with Gasteiger partial charge in [-0.15, -0.1) is 0 Å². The van der Waals surface area contributed by atoms with Gasteiger partial charge in [0.2, 0.25) is 0 Å². The van der Waals surface area contributed by atoms with Gasteiger partial charge >= 0.3 is 0 Å². The smallest absolute Gasteiger partial charge is 0.270 e. The molecule has 1 fully saturated rings. The molecule has 0 saturated carbocycles. The van der Waals surface area contributed by atoms with Gasteiger partial charge in [-0.1, -0.05) is 6.92 Å². The van der Waals surface area contributed by atoms with Crippen molar-refractivity contribution in [1.82, 2.24) is 15.2 Å². The van der Waals surface area contributed by atoms with E-state index in [0.717, 1.165) is 12.2 Å². The molecule has 9 nitrogen and oxygen atoms in total. The van der Waals surface area contributed by atoms with Crippen LogP contribution in [0.2, 0.25) is 0 Å². The van der Waals surface area contributed by atoms with Crippen molar-refractivity contribution in [3.8, 4) is 6.07 Å². The summed E-state index contributed by atoms with van der Waals surface area (Å²) in [5.41, 5.74) is 0.832. The minimum atomic E-state index is -0.507. The number of aryl methyl sites for hydroxylation is 1. The molecule has 0 amide bonds. The maximum Gasteiger partial charge on any atom is 0.270 e. The third kappa shape index (κ3) is 3.04. The largest absolute Gasteiger partial charge is 0.366 e. The van der Waals surface area contributed by atoms with Gasteiger partial charge in [-0.05, 0) is 6.07 Å². The summed E-state index contributed by atoms with van der Waals surface area (Å²) < 4.78 is 5.73. The molecule has 2 aromatic rings. The number of hydrogen-bond acceptors (Lipinski definition) is 7. The van der Waals surface area contributed by atoms with Crippen LogP contribution in [0.1, 0.15) is 30.2 Å². The van der Waals surface area contributed by atoms with E-state index in [-0.39, 0.29) is 17.4 Å². The van der Waals surface area contributed by atoms with Crippen LogP contribution in [0.25, 0.3) is 0 Å². The number of aromatic amines is 1. The zero-order chi connectivity index (χ0) is 17.1. The quantitative estimate of drug-likeness (QED) is 0.670. The monoisotopic (exact) mass is 328 g/mol. The highest BCUT2D eigenvalue weighted by Crippen LogP contribution is 2.29. The third-order valence-corrected chi connectivity index (χ3v) is 3.89. The number of aromatic nitrogens is 3.